The van der Waals surface area contributed by atoms with Crippen LogP contribution >= 0.6 is 11.6 Å². The molecule has 2 rings (SSSR count). The van der Waals surface area contributed by atoms with E-state index in [1.807, 2.05) is 0 Å². The van der Waals surface area contributed by atoms with E-state index in [9.17, 15) is 17.6 Å². The minimum Gasteiger partial charge on any atom is -0.246 e. The molecule has 0 saturated carbocycles. The lowest BCUT2D eigenvalue weighted by atomic mass is 10.0. The van der Waals surface area contributed by atoms with Crippen molar-refractivity contribution < 1.29 is 17.6 Å². The van der Waals surface area contributed by atoms with E-state index in [-0.39, 0.29) is 16.1 Å². The molecule has 0 radical (unpaired) electrons. The highest BCUT2D eigenvalue weighted by Crippen LogP contribution is 2.33. The fourth-order valence-corrected chi connectivity index (χ4v) is 2.22. The van der Waals surface area contributed by atoms with Crippen LogP contribution in [0.4, 0.5) is 17.6 Å². The van der Waals surface area contributed by atoms with E-state index < -0.39 is 29.7 Å². The maximum Gasteiger partial charge on any atom is 0.132 e. The highest BCUT2D eigenvalue weighted by atomic mass is 35.5. The summed E-state index contributed by atoms with van der Waals surface area (Å²) in [6, 6.07) is 4.44. The third-order valence-electron chi connectivity index (χ3n) is 2.75. The van der Waals surface area contributed by atoms with E-state index >= 15 is 0 Å². The second kappa shape index (κ2) is 5.21. The van der Waals surface area contributed by atoms with Gasteiger partial charge in [-0.3, -0.25) is 0 Å². The van der Waals surface area contributed by atoms with E-state index in [4.69, 9.17) is 11.6 Å². The molecule has 0 fully saturated rings. The maximum atomic E-state index is 13.8. The molecule has 0 aliphatic heterocycles. The van der Waals surface area contributed by atoms with Crippen molar-refractivity contribution in [2.45, 2.75) is 13.6 Å². The molecule has 0 nitrogen and oxygen atoms in total. The number of rotatable bonds is 2. The van der Waals surface area contributed by atoms with Crippen molar-refractivity contribution in [1.29, 1.82) is 0 Å². The first kappa shape index (κ1) is 13.9. The monoisotopic (exact) mass is 288 g/mol. The zero-order chi connectivity index (χ0) is 14.2. The summed E-state index contributed by atoms with van der Waals surface area (Å²) < 4.78 is 53.2. The van der Waals surface area contributed by atoms with Gasteiger partial charge in [0.25, 0.3) is 0 Å². The fraction of sp³-hybridized carbons (Fsp3) is 0.143. The summed E-state index contributed by atoms with van der Waals surface area (Å²) in [6.07, 6.45) is 0. The van der Waals surface area contributed by atoms with Gasteiger partial charge in [0.1, 0.15) is 24.1 Å². The molecule has 100 valence electrons. The van der Waals surface area contributed by atoms with Gasteiger partial charge in [-0.15, -0.1) is 0 Å². The zero-order valence-corrected chi connectivity index (χ0v) is 10.7. The van der Waals surface area contributed by atoms with Crippen molar-refractivity contribution in [3.63, 3.8) is 0 Å². The Morgan fingerprint density at radius 2 is 1.53 bits per heavy atom. The van der Waals surface area contributed by atoms with Crippen LogP contribution in [0.25, 0.3) is 11.1 Å². The minimum atomic E-state index is -1.26. The predicted octanol–water partition coefficient (Wildman–Crippen LogP) is 5.20. The molecule has 0 atom stereocenters. The summed E-state index contributed by atoms with van der Waals surface area (Å²) in [5.41, 5.74) is -0.245. The molecule has 0 saturated heterocycles. The van der Waals surface area contributed by atoms with Crippen molar-refractivity contribution in [3.8, 4) is 11.1 Å². The first-order chi connectivity index (χ1) is 8.93. The van der Waals surface area contributed by atoms with Gasteiger partial charge < -0.3 is 0 Å². The number of halogens is 5. The van der Waals surface area contributed by atoms with Gasteiger partial charge in [0.15, 0.2) is 0 Å². The summed E-state index contributed by atoms with van der Waals surface area (Å²) in [5.74, 6) is -2.81. The van der Waals surface area contributed by atoms with Crippen molar-refractivity contribution >= 4 is 11.6 Å². The standard InChI is InChI=1S/C14H9ClF4/c1-7-2-10(15)14(13(19)3-7)8-4-11(17)9(6-16)12(18)5-8/h2-5H,6H2,1H3. The van der Waals surface area contributed by atoms with Gasteiger partial charge >= 0.3 is 0 Å². The second-order valence-electron chi connectivity index (χ2n) is 4.16. The lowest BCUT2D eigenvalue weighted by Gasteiger charge is -2.10. The third kappa shape index (κ3) is 2.59. The smallest absolute Gasteiger partial charge is 0.132 e. The van der Waals surface area contributed by atoms with Gasteiger partial charge in [0, 0.05) is 5.56 Å². The van der Waals surface area contributed by atoms with E-state index in [1.54, 1.807) is 6.92 Å². The minimum absolute atomic E-state index is 0.0456. The molecule has 0 spiro atoms. The molecule has 19 heavy (non-hydrogen) atoms. The molecule has 0 aliphatic rings. The van der Waals surface area contributed by atoms with Crippen LogP contribution in [0.2, 0.25) is 5.02 Å². The van der Waals surface area contributed by atoms with Crippen LogP contribution in [0.15, 0.2) is 24.3 Å². The topological polar surface area (TPSA) is 0 Å². The molecular weight excluding hydrogens is 280 g/mol. The number of hydrogen-bond acceptors (Lipinski definition) is 0. The number of hydrogen-bond donors (Lipinski definition) is 0. The van der Waals surface area contributed by atoms with Gasteiger partial charge in [0.2, 0.25) is 0 Å². The second-order valence-corrected chi connectivity index (χ2v) is 4.56. The molecule has 0 aromatic heterocycles. The third-order valence-corrected chi connectivity index (χ3v) is 3.05. The summed E-state index contributed by atoms with van der Waals surface area (Å²) in [4.78, 5) is 0. The van der Waals surface area contributed by atoms with Crippen molar-refractivity contribution in [1.82, 2.24) is 0 Å². The fourth-order valence-electron chi connectivity index (χ4n) is 1.85. The van der Waals surface area contributed by atoms with Crippen molar-refractivity contribution in [2.24, 2.45) is 0 Å². The summed E-state index contributed by atoms with van der Waals surface area (Å²) >= 11 is 5.89. The quantitative estimate of drug-likeness (QED) is 0.666. The Labute approximate surface area is 112 Å². The number of alkyl halides is 1. The van der Waals surface area contributed by atoms with Crippen molar-refractivity contribution in [3.05, 3.63) is 57.9 Å². The van der Waals surface area contributed by atoms with Crippen LogP contribution < -0.4 is 0 Å². The molecule has 2 aromatic rings. The largest absolute Gasteiger partial charge is 0.246 e. The average molecular weight is 289 g/mol. The SMILES string of the molecule is Cc1cc(F)c(-c2cc(F)c(CF)c(F)c2)c(Cl)c1. The van der Waals surface area contributed by atoms with Gasteiger partial charge in [-0.05, 0) is 42.3 Å². The van der Waals surface area contributed by atoms with Crippen LogP contribution in [0.1, 0.15) is 11.1 Å². The van der Waals surface area contributed by atoms with E-state index in [2.05, 4.69) is 0 Å². The zero-order valence-electron chi connectivity index (χ0n) is 9.91. The Balaban J connectivity index is 2.67. The normalized spacial score (nSPS) is 10.8. The molecule has 0 bridgehead atoms. The Morgan fingerprint density at radius 3 is 2.00 bits per heavy atom. The lowest BCUT2D eigenvalue weighted by Crippen LogP contribution is -1.96. The van der Waals surface area contributed by atoms with Gasteiger partial charge in [0.05, 0.1) is 10.6 Å². The summed E-state index contributed by atoms with van der Waals surface area (Å²) in [5, 5.41) is 0.0456. The highest BCUT2D eigenvalue weighted by Gasteiger charge is 2.16. The highest BCUT2D eigenvalue weighted by molar-refractivity contribution is 6.33. The first-order valence-corrected chi connectivity index (χ1v) is 5.81. The van der Waals surface area contributed by atoms with Crippen LogP contribution in [0.3, 0.4) is 0 Å². The summed E-state index contributed by atoms with van der Waals surface area (Å²) in [7, 11) is 0. The predicted molar refractivity (Wildman–Crippen MR) is 66.3 cm³/mol. The summed E-state index contributed by atoms with van der Waals surface area (Å²) in [6.45, 7) is 0.383. The maximum absolute atomic E-state index is 13.8. The molecule has 0 aliphatic carbocycles. The average Bonchev–Trinajstić information content (AvgIpc) is 2.26. The number of aryl methyl sites for hydroxylation is 1. The molecule has 0 N–H and O–H groups in total. The lowest BCUT2D eigenvalue weighted by molar-refractivity contribution is 0.440. The number of benzene rings is 2. The van der Waals surface area contributed by atoms with Gasteiger partial charge in [-0.25, -0.2) is 17.6 Å². The molecule has 0 unspecified atom stereocenters. The Hall–Kier alpha value is -1.55. The van der Waals surface area contributed by atoms with Gasteiger partial charge in [-0.2, -0.15) is 0 Å². The molecule has 0 heterocycles. The molecule has 2 aromatic carbocycles. The Bertz CT molecular complexity index is 591. The first-order valence-electron chi connectivity index (χ1n) is 5.44. The van der Waals surface area contributed by atoms with Crippen LogP contribution in [0, 0.1) is 24.4 Å². The molecule has 5 heteroatoms. The Kier molecular flexibility index (Phi) is 3.80. The van der Waals surface area contributed by atoms with Crippen molar-refractivity contribution in [2.75, 3.05) is 0 Å². The van der Waals surface area contributed by atoms with Crippen LogP contribution in [-0.2, 0) is 6.67 Å². The van der Waals surface area contributed by atoms with E-state index in [0.717, 1.165) is 12.1 Å². The molecular formula is C14H9ClF4. The van der Waals surface area contributed by atoms with Gasteiger partial charge in [-0.1, -0.05) is 11.6 Å². The van der Waals surface area contributed by atoms with E-state index in [0.29, 0.717) is 5.56 Å². The Morgan fingerprint density at radius 1 is 0.947 bits per heavy atom. The van der Waals surface area contributed by atoms with E-state index in [1.165, 1.54) is 12.1 Å². The van der Waals surface area contributed by atoms with Crippen LogP contribution in [-0.4, -0.2) is 0 Å². The van der Waals surface area contributed by atoms with Crippen LogP contribution in [0.5, 0.6) is 0 Å². The molecule has 0 amide bonds.